The van der Waals surface area contributed by atoms with Crippen molar-refractivity contribution in [2.75, 3.05) is 13.1 Å². The predicted molar refractivity (Wildman–Crippen MR) is 44.6 cm³/mol. The second-order valence-electron chi connectivity index (χ2n) is 2.63. The van der Waals surface area contributed by atoms with Crippen LogP contribution in [0, 0.1) is 0 Å². The Kier molecular flexibility index (Phi) is 3.13. The number of rotatable bonds is 2. The molecule has 5 heteroatoms. The topological polar surface area (TPSA) is 79.7 Å². The first-order chi connectivity index (χ1) is 5.34. The predicted octanol–water partition coefficient (Wildman–Crippen LogP) is -1.18. The van der Waals surface area contributed by atoms with Crippen LogP contribution >= 0.6 is 0 Å². The average molecular weight is 157 g/mol. The average Bonchev–Trinajstić information content (AvgIpc) is 2.07. The van der Waals surface area contributed by atoms with E-state index in [1.165, 1.54) is 11.5 Å². The second-order valence-corrected chi connectivity index (χ2v) is 2.63. The Morgan fingerprint density at radius 1 is 1.45 bits per heavy atom. The van der Waals surface area contributed by atoms with Gasteiger partial charge in [0.15, 0.2) is 0 Å². The van der Waals surface area contributed by atoms with Crippen molar-refractivity contribution in [1.82, 2.24) is 10.4 Å². The summed E-state index contributed by atoms with van der Waals surface area (Å²) in [7, 11) is 0. The number of hydrazone groups is 1. The monoisotopic (exact) mass is 157 g/mol. The first kappa shape index (κ1) is 8.29. The quantitative estimate of drug-likeness (QED) is 0.204. The number of nitrogens with zero attached hydrogens (tertiary/aromatic N) is 2. The van der Waals surface area contributed by atoms with E-state index in [0.717, 1.165) is 25.9 Å². The molecule has 1 heterocycles. The molecule has 0 aliphatic carbocycles. The molecule has 1 fully saturated rings. The number of hydrazine groups is 1. The van der Waals surface area contributed by atoms with Crippen LogP contribution in [0.5, 0.6) is 0 Å². The van der Waals surface area contributed by atoms with Crippen molar-refractivity contribution < 1.29 is 0 Å². The molecular weight excluding hydrogens is 142 g/mol. The van der Waals surface area contributed by atoms with E-state index in [-0.39, 0.29) is 0 Å². The van der Waals surface area contributed by atoms with E-state index in [0.29, 0.717) is 6.04 Å². The molecule has 0 saturated carbocycles. The molecule has 0 atom stereocenters. The minimum atomic E-state index is 0.344. The zero-order chi connectivity index (χ0) is 8.10. The molecule has 0 spiro atoms. The molecule has 64 valence electrons. The van der Waals surface area contributed by atoms with Gasteiger partial charge < -0.3 is 11.1 Å². The smallest absolute Gasteiger partial charge is 0.107 e. The molecule has 0 amide bonds. The molecule has 0 radical (unpaired) electrons. The molecule has 1 aliphatic heterocycles. The van der Waals surface area contributed by atoms with Crippen LogP contribution in [0.4, 0.5) is 0 Å². The largest absolute Gasteiger partial charge is 0.388 e. The first-order valence-electron chi connectivity index (χ1n) is 3.83. The Morgan fingerprint density at radius 2 is 2.09 bits per heavy atom. The zero-order valence-electron chi connectivity index (χ0n) is 6.53. The maximum atomic E-state index is 5.59. The molecule has 11 heavy (non-hydrogen) atoms. The molecule has 5 N–H and O–H groups in total. The summed E-state index contributed by atoms with van der Waals surface area (Å²) in [6.45, 7) is 2.02. The summed E-state index contributed by atoms with van der Waals surface area (Å²) >= 11 is 0. The highest BCUT2D eigenvalue weighted by Gasteiger charge is 2.16. The van der Waals surface area contributed by atoms with Gasteiger partial charge in [0.05, 0.1) is 6.04 Å². The molecule has 1 rings (SSSR count). The van der Waals surface area contributed by atoms with Crippen LogP contribution in [0.25, 0.3) is 0 Å². The third-order valence-electron chi connectivity index (χ3n) is 1.88. The van der Waals surface area contributed by atoms with E-state index >= 15 is 0 Å². The molecule has 0 unspecified atom stereocenters. The molecule has 0 aromatic rings. The maximum Gasteiger partial charge on any atom is 0.107 e. The first-order valence-corrected chi connectivity index (χ1v) is 3.83. The van der Waals surface area contributed by atoms with Gasteiger partial charge in [0, 0.05) is 0 Å². The lowest BCUT2D eigenvalue weighted by Gasteiger charge is -2.28. The van der Waals surface area contributed by atoms with Gasteiger partial charge in [-0.2, -0.15) is 5.10 Å². The Labute approximate surface area is 66.4 Å². The number of nitrogens with one attached hydrogen (secondary N) is 1. The van der Waals surface area contributed by atoms with Crippen LogP contribution in [-0.2, 0) is 0 Å². The SMILES string of the molecule is N/C=N\N(N)C1CCNCC1. The molecular formula is C6H15N5. The standard InChI is InChI=1S/C6H15N5/c7-5-10-11(8)6-1-3-9-4-2-6/h5-6,9H,1-4,8H2,(H2,7,10). The molecule has 1 aliphatic rings. The summed E-state index contributed by atoms with van der Waals surface area (Å²) in [5, 5.41) is 8.48. The minimum absolute atomic E-state index is 0.344. The second kappa shape index (κ2) is 4.15. The number of nitrogens with two attached hydrogens (primary N) is 2. The Hall–Kier alpha value is -0.810. The van der Waals surface area contributed by atoms with Crippen LogP contribution in [0.2, 0.25) is 0 Å². The molecule has 0 aromatic heterocycles. The van der Waals surface area contributed by atoms with Gasteiger partial charge in [-0.05, 0) is 25.9 Å². The van der Waals surface area contributed by atoms with Gasteiger partial charge in [0.2, 0.25) is 0 Å². The summed E-state index contributed by atoms with van der Waals surface area (Å²) in [4.78, 5) is 0. The summed E-state index contributed by atoms with van der Waals surface area (Å²) in [5.41, 5.74) is 5.11. The zero-order valence-corrected chi connectivity index (χ0v) is 6.53. The minimum Gasteiger partial charge on any atom is -0.388 e. The van der Waals surface area contributed by atoms with E-state index in [4.69, 9.17) is 11.6 Å². The van der Waals surface area contributed by atoms with Crippen LogP contribution in [0.3, 0.4) is 0 Å². The summed E-state index contributed by atoms with van der Waals surface area (Å²) in [5.74, 6) is 5.59. The lowest BCUT2D eigenvalue weighted by atomic mass is 10.1. The molecule has 1 saturated heterocycles. The third-order valence-corrected chi connectivity index (χ3v) is 1.88. The Balaban J connectivity index is 2.32. The van der Waals surface area contributed by atoms with Gasteiger partial charge in [0.1, 0.15) is 6.34 Å². The van der Waals surface area contributed by atoms with Gasteiger partial charge in [-0.25, -0.2) is 11.0 Å². The summed E-state index contributed by atoms with van der Waals surface area (Å²) in [6.07, 6.45) is 3.30. The lowest BCUT2D eigenvalue weighted by Crippen LogP contribution is -2.44. The van der Waals surface area contributed by atoms with Gasteiger partial charge in [-0.1, -0.05) is 0 Å². The van der Waals surface area contributed by atoms with E-state index in [2.05, 4.69) is 10.4 Å². The van der Waals surface area contributed by atoms with Crippen molar-refractivity contribution >= 4 is 6.34 Å². The number of piperidine rings is 1. The number of hydrogen-bond donors (Lipinski definition) is 3. The van der Waals surface area contributed by atoms with Crippen LogP contribution in [0.1, 0.15) is 12.8 Å². The van der Waals surface area contributed by atoms with Gasteiger partial charge in [-0.3, -0.25) is 0 Å². The van der Waals surface area contributed by atoms with Crippen molar-refractivity contribution in [2.45, 2.75) is 18.9 Å². The Bertz CT molecular complexity index is 129. The summed E-state index contributed by atoms with van der Waals surface area (Å²) < 4.78 is 0. The fourth-order valence-corrected chi connectivity index (χ4v) is 1.24. The maximum absolute atomic E-state index is 5.59. The fourth-order valence-electron chi connectivity index (χ4n) is 1.24. The van der Waals surface area contributed by atoms with Gasteiger partial charge in [-0.15, -0.1) is 0 Å². The van der Waals surface area contributed by atoms with E-state index in [1.54, 1.807) is 0 Å². The van der Waals surface area contributed by atoms with Gasteiger partial charge in [0.25, 0.3) is 0 Å². The summed E-state index contributed by atoms with van der Waals surface area (Å²) in [6, 6.07) is 0.344. The highest BCUT2D eigenvalue weighted by Crippen LogP contribution is 2.07. The van der Waals surface area contributed by atoms with Crippen molar-refractivity contribution in [3.8, 4) is 0 Å². The molecule has 0 bridgehead atoms. The fraction of sp³-hybridized carbons (Fsp3) is 0.833. The van der Waals surface area contributed by atoms with Crippen LogP contribution in [0.15, 0.2) is 5.10 Å². The third kappa shape index (κ3) is 2.36. The number of hydrogen-bond acceptors (Lipinski definition) is 4. The highest BCUT2D eigenvalue weighted by atomic mass is 15.6. The molecule has 0 aromatic carbocycles. The molecule has 5 nitrogen and oxygen atoms in total. The van der Waals surface area contributed by atoms with Crippen LogP contribution in [-0.4, -0.2) is 30.6 Å². The highest BCUT2D eigenvalue weighted by molar-refractivity contribution is 5.50. The van der Waals surface area contributed by atoms with E-state index in [1.807, 2.05) is 0 Å². The lowest BCUT2D eigenvalue weighted by molar-refractivity contribution is 0.172. The van der Waals surface area contributed by atoms with E-state index < -0.39 is 0 Å². The van der Waals surface area contributed by atoms with Crippen molar-refractivity contribution in [1.29, 1.82) is 0 Å². The van der Waals surface area contributed by atoms with Gasteiger partial charge >= 0.3 is 0 Å². The van der Waals surface area contributed by atoms with Crippen molar-refractivity contribution in [3.63, 3.8) is 0 Å². The van der Waals surface area contributed by atoms with Crippen LogP contribution < -0.4 is 16.9 Å². The van der Waals surface area contributed by atoms with Crippen molar-refractivity contribution in [3.05, 3.63) is 0 Å². The van der Waals surface area contributed by atoms with E-state index in [9.17, 15) is 0 Å². The Morgan fingerprint density at radius 3 is 2.64 bits per heavy atom. The van der Waals surface area contributed by atoms with Crippen molar-refractivity contribution in [2.24, 2.45) is 16.7 Å². The normalized spacial score (nSPS) is 20.8.